The van der Waals surface area contributed by atoms with E-state index < -0.39 is 0 Å². The van der Waals surface area contributed by atoms with Crippen LogP contribution < -0.4 is 10.2 Å². The molecule has 3 rings (SSSR count). The van der Waals surface area contributed by atoms with Gasteiger partial charge in [-0.25, -0.2) is 4.68 Å². The average Bonchev–Trinajstić information content (AvgIpc) is 3.06. The number of hydrogen-bond acceptors (Lipinski definition) is 4. The topological polar surface area (TPSA) is 63.1 Å². The van der Waals surface area contributed by atoms with Crippen LogP contribution in [-0.4, -0.2) is 34.0 Å². The van der Waals surface area contributed by atoms with Gasteiger partial charge < -0.3 is 10.2 Å². The van der Waals surface area contributed by atoms with E-state index in [-0.39, 0.29) is 5.91 Å². The SMILES string of the molecule is CCN(CC)c1ccc(NC(=O)c2nnn(C)c2-c2ccccc2)cc1. The van der Waals surface area contributed by atoms with Crippen molar-refractivity contribution in [3.05, 3.63) is 60.3 Å². The molecule has 2 aromatic carbocycles. The van der Waals surface area contributed by atoms with Gasteiger partial charge >= 0.3 is 0 Å². The van der Waals surface area contributed by atoms with Crippen LogP contribution in [0.2, 0.25) is 0 Å². The minimum Gasteiger partial charge on any atom is -0.372 e. The zero-order chi connectivity index (χ0) is 18.5. The molecule has 26 heavy (non-hydrogen) atoms. The van der Waals surface area contributed by atoms with Gasteiger partial charge in [-0.3, -0.25) is 4.79 Å². The molecule has 1 N–H and O–H groups in total. The smallest absolute Gasteiger partial charge is 0.278 e. The molecule has 134 valence electrons. The van der Waals surface area contributed by atoms with E-state index in [2.05, 4.69) is 34.4 Å². The summed E-state index contributed by atoms with van der Waals surface area (Å²) in [5, 5.41) is 11.0. The molecule has 1 aromatic heterocycles. The third kappa shape index (κ3) is 3.59. The number of aryl methyl sites for hydroxylation is 1. The highest BCUT2D eigenvalue weighted by molar-refractivity contribution is 6.06. The van der Waals surface area contributed by atoms with E-state index in [0.717, 1.165) is 30.0 Å². The number of nitrogens with one attached hydrogen (secondary N) is 1. The largest absolute Gasteiger partial charge is 0.372 e. The van der Waals surface area contributed by atoms with Crippen LogP contribution in [0.4, 0.5) is 11.4 Å². The standard InChI is InChI=1S/C20H23N5O/c1-4-25(5-2)17-13-11-16(12-14-17)21-20(26)18-19(24(3)23-22-18)15-9-7-6-8-10-15/h6-14H,4-5H2,1-3H3,(H,21,26). The second-order valence-corrected chi connectivity index (χ2v) is 5.95. The number of carbonyl (C=O) groups excluding carboxylic acids is 1. The lowest BCUT2D eigenvalue weighted by Crippen LogP contribution is -2.21. The van der Waals surface area contributed by atoms with Crippen LogP contribution in [0.5, 0.6) is 0 Å². The zero-order valence-corrected chi connectivity index (χ0v) is 15.3. The predicted molar refractivity (Wildman–Crippen MR) is 104 cm³/mol. The summed E-state index contributed by atoms with van der Waals surface area (Å²) in [6, 6.07) is 17.5. The van der Waals surface area contributed by atoms with Crippen LogP contribution in [0.15, 0.2) is 54.6 Å². The molecule has 1 heterocycles. The van der Waals surface area contributed by atoms with Gasteiger partial charge in [-0.15, -0.1) is 5.10 Å². The van der Waals surface area contributed by atoms with E-state index in [1.165, 1.54) is 0 Å². The first-order chi connectivity index (χ1) is 12.6. The monoisotopic (exact) mass is 349 g/mol. The first-order valence-electron chi connectivity index (χ1n) is 8.75. The van der Waals surface area contributed by atoms with Gasteiger partial charge in [-0.2, -0.15) is 0 Å². The van der Waals surface area contributed by atoms with E-state index in [0.29, 0.717) is 11.4 Å². The van der Waals surface area contributed by atoms with Crippen LogP contribution in [0.1, 0.15) is 24.3 Å². The number of amides is 1. The Morgan fingerprint density at radius 2 is 1.69 bits per heavy atom. The molecule has 0 atom stereocenters. The van der Waals surface area contributed by atoms with Crippen LogP contribution >= 0.6 is 0 Å². The van der Waals surface area contributed by atoms with Crippen molar-refractivity contribution in [1.29, 1.82) is 0 Å². The highest BCUT2D eigenvalue weighted by Gasteiger charge is 2.19. The van der Waals surface area contributed by atoms with E-state index in [9.17, 15) is 4.79 Å². The first-order valence-corrected chi connectivity index (χ1v) is 8.75. The molecule has 0 fully saturated rings. The molecule has 0 aliphatic heterocycles. The summed E-state index contributed by atoms with van der Waals surface area (Å²) in [6.07, 6.45) is 0. The Bertz CT molecular complexity index is 867. The van der Waals surface area contributed by atoms with Crippen molar-refractivity contribution in [2.75, 3.05) is 23.3 Å². The first kappa shape index (κ1) is 17.7. The van der Waals surface area contributed by atoms with Crippen LogP contribution in [0, 0.1) is 0 Å². The van der Waals surface area contributed by atoms with Gasteiger partial charge in [0.2, 0.25) is 0 Å². The van der Waals surface area contributed by atoms with Crippen LogP contribution in [-0.2, 0) is 7.05 Å². The molecular weight excluding hydrogens is 326 g/mol. The number of hydrogen-bond donors (Lipinski definition) is 1. The third-order valence-electron chi connectivity index (χ3n) is 4.34. The Hall–Kier alpha value is -3.15. The maximum atomic E-state index is 12.7. The Labute approximate surface area is 153 Å². The second kappa shape index (κ2) is 7.82. The molecule has 0 bridgehead atoms. The quantitative estimate of drug-likeness (QED) is 0.739. The van der Waals surface area contributed by atoms with Gasteiger partial charge in [0.15, 0.2) is 5.69 Å². The van der Waals surface area contributed by atoms with Gasteiger partial charge in [0.1, 0.15) is 5.69 Å². The summed E-state index contributed by atoms with van der Waals surface area (Å²) < 4.78 is 1.62. The van der Waals surface area contributed by atoms with Gasteiger partial charge in [-0.05, 0) is 38.1 Å². The van der Waals surface area contributed by atoms with Gasteiger partial charge in [0.25, 0.3) is 5.91 Å². The number of nitrogens with zero attached hydrogens (tertiary/aromatic N) is 4. The Balaban J connectivity index is 1.81. The van der Waals surface area contributed by atoms with Crippen molar-refractivity contribution in [3.63, 3.8) is 0 Å². The molecule has 0 unspecified atom stereocenters. The average molecular weight is 349 g/mol. The van der Waals surface area contributed by atoms with Crippen molar-refractivity contribution in [3.8, 4) is 11.3 Å². The normalized spacial score (nSPS) is 10.6. The summed E-state index contributed by atoms with van der Waals surface area (Å²) in [6.45, 7) is 6.14. The number of anilines is 2. The fraction of sp³-hybridized carbons (Fsp3) is 0.250. The number of carbonyl (C=O) groups is 1. The van der Waals surface area contributed by atoms with Crippen molar-refractivity contribution >= 4 is 17.3 Å². The molecule has 0 aliphatic carbocycles. The van der Waals surface area contributed by atoms with Crippen LogP contribution in [0.3, 0.4) is 0 Å². The summed E-state index contributed by atoms with van der Waals surface area (Å²) in [7, 11) is 1.78. The lowest BCUT2D eigenvalue weighted by atomic mass is 10.1. The Kier molecular flexibility index (Phi) is 5.31. The fourth-order valence-electron chi connectivity index (χ4n) is 2.96. The number of benzene rings is 2. The lowest BCUT2D eigenvalue weighted by Gasteiger charge is -2.21. The van der Waals surface area contributed by atoms with Gasteiger partial charge in [0.05, 0.1) is 0 Å². The number of aromatic nitrogens is 3. The van der Waals surface area contributed by atoms with Crippen molar-refractivity contribution in [2.24, 2.45) is 7.05 Å². The van der Waals surface area contributed by atoms with Crippen LogP contribution in [0.25, 0.3) is 11.3 Å². The predicted octanol–water partition coefficient (Wildman–Crippen LogP) is 3.58. The summed E-state index contributed by atoms with van der Waals surface area (Å²) in [5.74, 6) is -0.271. The van der Waals surface area contributed by atoms with Crippen molar-refractivity contribution < 1.29 is 4.79 Å². The highest BCUT2D eigenvalue weighted by atomic mass is 16.2. The van der Waals surface area contributed by atoms with Crippen molar-refractivity contribution in [1.82, 2.24) is 15.0 Å². The lowest BCUT2D eigenvalue weighted by molar-refractivity contribution is 0.102. The number of rotatable bonds is 6. The van der Waals surface area contributed by atoms with E-state index >= 15 is 0 Å². The Morgan fingerprint density at radius 3 is 2.31 bits per heavy atom. The minimum absolute atomic E-state index is 0.271. The molecule has 3 aromatic rings. The van der Waals surface area contributed by atoms with Crippen molar-refractivity contribution in [2.45, 2.75) is 13.8 Å². The van der Waals surface area contributed by atoms with E-state index in [1.807, 2.05) is 54.6 Å². The molecule has 0 saturated heterocycles. The Morgan fingerprint density at radius 1 is 1.04 bits per heavy atom. The summed E-state index contributed by atoms with van der Waals surface area (Å²) in [5.41, 5.74) is 3.78. The second-order valence-electron chi connectivity index (χ2n) is 5.95. The molecule has 1 amide bonds. The minimum atomic E-state index is -0.271. The molecule has 0 saturated carbocycles. The molecule has 0 radical (unpaired) electrons. The summed E-state index contributed by atoms with van der Waals surface area (Å²) in [4.78, 5) is 15.0. The van der Waals surface area contributed by atoms with Gasteiger partial charge in [-0.1, -0.05) is 35.5 Å². The van der Waals surface area contributed by atoms with E-state index in [4.69, 9.17) is 0 Å². The summed E-state index contributed by atoms with van der Waals surface area (Å²) >= 11 is 0. The van der Waals surface area contributed by atoms with E-state index in [1.54, 1.807) is 11.7 Å². The molecular formula is C20H23N5O. The third-order valence-corrected chi connectivity index (χ3v) is 4.34. The fourth-order valence-corrected chi connectivity index (χ4v) is 2.96. The maximum absolute atomic E-state index is 12.7. The maximum Gasteiger partial charge on any atom is 0.278 e. The zero-order valence-electron chi connectivity index (χ0n) is 15.3. The molecule has 6 heteroatoms. The molecule has 0 aliphatic rings. The van der Waals surface area contributed by atoms with Gasteiger partial charge in [0, 0.05) is 37.1 Å². The molecule has 0 spiro atoms. The highest BCUT2D eigenvalue weighted by Crippen LogP contribution is 2.23. The molecule has 6 nitrogen and oxygen atoms in total.